The van der Waals surface area contributed by atoms with Gasteiger partial charge in [-0.05, 0) is 37.6 Å². The predicted molar refractivity (Wildman–Crippen MR) is 97.2 cm³/mol. The topological polar surface area (TPSA) is 55.4 Å². The zero-order chi connectivity index (χ0) is 17.3. The van der Waals surface area contributed by atoms with Crippen molar-refractivity contribution >= 4 is 26.5 Å². The molecule has 0 aromatic heterocycles. The number of fused-ring (bicyclic) bond motifs is 1. The van der Waals surface area contributed by atoms with Crippen LogP contribution in [-0.4, -0.2) is 15.5 Å². The second-order valence-corrected chi connectivity index (χ2v) is 7.39. The summed E-state index contributed by atoms with van der Waals surface area (Å²) in [5.74, 6) is 0.649. The van der Waals surface area contributed by atoms with Crippen molar-refractivity contribution in [1.29, 1.82) is 0 Å². The summed E-state index contributed by atoms with van der Waals surface area (Å²) < 4.78 is 33.8. The molecule has 24 heavy (non-hydrogen) atoms. The Labute approximate surface area is 142 Å². The smallest absolute Gasteiger partial charge is 0.262 e. The Morgan fingerprint density at radius 1 is 0.917 bits per heavy atom. The van der Waals surface area contributed by atoms with Gasteiger partial charge in [-0.3, -0.25) is 4.72 Å². The van der Waals surface area contributed by atoms with Crippen LogP contribution in [-0.2, 0) is 10.0 Å². The van der Waals surface area contributed by atoms with Crippen LogP contribution in [0.25, 0.3) is 10.8 Å². The van der Waals surface area contributed by atoms with Gasteiger partial charge in [-0.2, -0.15) is 0 Å². The van der Waals surface area contributed by atoms with Crippen LogP contribution < -0.4 is 9.46 Å². The monoisotopic (exact) mass is 341 g/mol. The van der Waals surface area contributed by atoms with Gasteiger partial charge in [0, 0.05) is 10.8 Å². The van der Waals surface area contributed by atoms with E-state index < -0.39 is 10.0 Å². The molecule has 0 aliphatic rings. The standard InChI is InChI=1S/C19H19NO3S/c1-13-8-9-17(14(2)12-13)20-24(21,22)19-11-10-18(23-3)15-6-4-5-7-16(15)19/h4-12,20H,1-3H3. The van der Waals surface area contributed by atoms with E-state index in [0.29, 0.717) is 16.8 Å². The number of methoxy groups -OCH3 is 1. The number of anilines is 1. The molecule has 0 spiro atoms. The molecule has 3 rings (SSSR count). The largest absolute Gasteiger partial charge is 0.496 e. The molecule has 0 heterocycles. The number of sulfonamides is 1. The Morgan fingerprint density at radius 3 is 2.29 bits per heavy atom. The van der Waals surface area contributed by atoms with Crippen LogP contribution in [0.2, 0.25) is 0 Å². The zero-order valence-corrected chi connectivity index (χ0v) is 14.6. The van der Waals surface area contributed by atoms with Crippen molar-refractivity contribution in [2.24, 2.45) is 0 Å². The normalized spacial score (nSPS) is 11.5. The van der Waals surface area contributed by atoms with Gasteiger partial charge in [-0.15, -0.1) is 0 Å². The summed E-state index contributed by atoms with van der Waals surface area (Å²) in [4.78, 5) is 0.235. The molecule has 0 aliphatic heterocycles. The maximum Gasteiger partial charge on any atom is 0.262 e. The number of ether oxygens (including phenoxy) is 1. The van der Waals surface area contributed by atoms with Crippen LogP contribution in [0, 0.1) is 13.8 Å². The maximum absolute atomic E-state index is 12.9. The van der Waals surface area contributed by atoms with Gasteiger partial charge >= 0.3 is 0 Å². The Hall–Kier alpha value is -2.53. The molecule has 0 amide bonds. The van der Waals surface area contributed by atoms with Crippen LogP contribution >= 0.6 is 0 Å². The molecule has 5 heteroatoms. The van der Waals surface area contributed by atoms with Gasteiger partial charge in [0.05, 0.1) is 17.7 Å². The first-order valence-corrected chi connectivity index (χ1v) is 9.06. The Balaban J connectivity index is 2.12. The zero-order valence-electron chi connectivity index (χ0n) is 13.8. The average molecular weight is 341 g/mol. The molecule has 1 N–H and O–H groups in total. The number of nitrogens with one attached hydrogen (secondary N) is 1. The number of hydrogen-bond acceptors (Lipinski definition) is 3. The van der Waals surface area contributed by atoms with Gasteiger partial charge in [0.15, 0.2) is 0 Å². The van der Waals surface area contributed by atoms with Crippen molar-refractivity contribution in [2.45, 2.75) is 18.7 Å². The highest BCUT2D eigenvalue weighted by molar-refractivity contribution is 7.93. The highest BCUT2D eigenvalue weighted by Crippen LogP contribution is 2.32. The van der Waals surface area contributed by atoms with E-state index in [9.17, 15) is 8.42 Å². The summed E-state index contributed by atoms with van der Waals surface area (Å²) in [5.41, 5.74) is 2.56. The summed E-state index contributed by atoms with van der Waals surface area (Å²) in [6.45, 7) is 3.86. The fraction of sp³-hybridized carbons (Fsp3) is 0.158. The molecular weight excluding hydrogens is 322 g/mol. The molecule has 0 radical (unpaired) electrons. The average Bonchev–Trinajstić information content (AvgIpc) is 2.56. The molecular formula is C19H19NO3S. The molecule has 0 aliphatic carbocycles. The van der Waals surface area contributed by atoms with Crippen LogP contribution in [0.3, 0.4) is 0 Å². The van der Waals surface area contributed by atoms with Crippen LogP contribution in [0.4, 0.5) is 5.69 Å². The lowest BCUT2D eigenvalue weighted by molar-refractivity contribution is 0.419. The van der Waals surface area contributed by atoms with Crippen molar-refractivity contribution in [3.8, 4) is 5.75 Å². The third-order valence-electron chi connectivity index (χ3n) is 3.98. The highest BCUT2D eigenvalue weighted by Gasteiger charge is 2.19. The van der Waals surface area contributed by atoms with E-state index in [1.165, 1.54) is 0 Å². The van der Waals surface area contributed by atoms with E-state index >= 15 is 0 Å². The van der Waals surface area contributed by atoms with E-state index in [-0.39, 0.29) is 4.90 Å². The summed E-state index contributed by atoms with van der Waals surface area (Å²) >= 11 is 0. The number of rotatable bonds is 4. The number of hydrogen-bond donors (Lipinski definition) is 1. The predicted octanol–water partition coefficient (Wildman–Crippen LogP) is 4.27. The van der Waals surface area contributed by atoms with E-state index in [1.807, 2.05) is 44.2 Å². The molecule has 0 bridgehead atoms. The minimum Gasteiger partial charge on any atom is -0.496 e. The third kappa shape index (κ3) is 2.95. The van der Waals surface area contributed by atoms with Crippen molar-refractivity contribution in [3.05, 3.63) is 65.7 Å². The molecule has 0 unspecified atom stereocenters. The quantitative estimate of drug-likeness (QED) is 0.771. The van der Waals surface area contributed by atoms with Crippen molar-refractivity contribution in [1.82, 2.24) is 0 Å². The second-order valence-electron chi connectivity index (χ2n) is 5.74. The minimum absolute atomic E-state index is 0.235. The maximum atomic E-state index is 12.9. The van der Waals surface area contributed by atoms with Gasteiger partial charge in [0.2, 0.25) is 0 Å². The summed E-state index contributed by atoms with van der Waals surface area (Å²) in [6, 6.07) is 16.2. The SMILES string of the molecule is COc1ccc(S(=O)(=O)Nc2ccc(C)cc2C)c2ccccc12. The Morgan fingerprint density at radius 2 is 1.62 bits per heavy atom. The van der Waals surface area contributed by atoms with E-state index in [2.05, 4.69) is 4.72 Å². The fourth-order valence-corrected chi connectivity index (χ4v) is 4.13. The van der Waals surface area contributed by atoms with E-state index in [0.717, 1.165) is 16.5 Å². The summed E-state index contributed by atoms with van der Waals surface area (Å²) in [6.07, 6.45) is 0. The van der Waals surface area contributed by atoms with Crippen molar-refractivity contribution < 1.29 is 13.2 Å². The van der Waals surface area contributed by atoms with Gasteiger partial charge < -0.3 is 4.74 Å². The Bertz CT molecular complexity index is 1010. The molecule has 0 saturated carbocycles. The molecule has 0 atom stereocenters. The first-order valence-electron chi connectivity index (χ1n) is 7.58. The molecule has 124 valence electrons. The van der Waals surface area contributed by atoms with Gasteiger partial charge in [-0.1, -0.05) is 42.0 Å². The highest BCUT2D eigenvalue weighted by atomic mass is 32.2. The lowest BCUT2D eigenvalue weighted by atomic mass is 10.1. The summed E-state index contributed by atoms with van der Waals surface area (Å²) in [5, 5.41) is 1.40. The second kappa shape index (κ2) is 6.17. The molecule has 3 aromatic rings. The van der Waals surface area contributed by atoms with Crippen LogP contribution in [0.5, 0.6) is 5.75 Å². The van der Waals surface area contributed by atoms with Gasteiger partial charge in [0.25, 0.3) is 10.0 Å². The van der Waals surface area contributed by atoms with Crippen molar-refractivity contribution in [2.75, 3.05) is 11.8 Å². The first-order chi connectivity index (χ1) is 11.4. The first kappa shape index (κ1) is 16.3. The number of benzene rings is 3. The van der Waals surface area contributed by atoms with E-state index in [4.69, 9.17) is 4.74 Å². The Kier molecular flexibility index (Phi) is 4.20. The lowest BCUT2D eigenvalue weighted by Crippen LogP contribution is -2.14. The third-order valence-corrected chi connectivity index (χ3v) is 5.40. The van der Waals surface area contributed by atoms with Crippen molar-refractivity contribution in [3.63, 3.8) is 0 Å². The van der Waals surface area contributed by atoms with Crippen LogP contribution in [0.15, 0.2) is 59.5 Å². The lowest BCUT2D eigenvalue weighted by Gasteiger charge is -2.14. The fourth-order valence-electron chi connectivity index (χ4n) is 2.78. The van der Waals surface area contributed by atoms with Gasteiger partial charge in [-0.25, -0.2) is 8.42 Å². The minimum atomic E-state index is -3.71. The molecule has 0 fully saturated rings. The molecule has 0 saturated heterocycles. The number of aryl methyl sites for hydroxylation is 2. The van der Waals surface area contributed by atoms with Gasteiger partial charge in [0.1, 0.15) is 5.75 Å². The van der Waals surface area contributed by atoms with Crippen LogP contribution in [0.1, 0.15) is 11.1 Å². The summed E-state index contributed by atoms with van der Waals surface area (Å²) in [7, 11) is -2.13. The molecule has 4 nitrogen and oxygen atoms in total. The van der Waals surface area contributed by atoms with E-state index in [1.54, 1.807) is 31.4 Å². The molecule has 3 aromatic carbocycles.